The predicted octanol–water partition coefficient (Wildman–Crippen LogP) is 3.53. The highest BCUT2D eigenvalue weighted by Gasteiger charge is 2.43. The molecule has 1 aliphatic heterocycles. The Bertz CT molecular complexity index is 1250. The smallest absolute Gasteiger partial charge is 0.245 e. The third kappa shape index (κ3) is 11.5. The van der Waals surface area contributed by atoms with Gasteiger partial charge in [-0.15, -0.1) is 0 Å². The first-order valence-corrected chi connectivity index (χ1v) is 18.7. The van der Waals surface area contributed by atoms with Crippen molar-refractivity contribution in [2.45, 2.75) is 130 Å². The molecule has 1 saturated heterocycles. The van der Waals surface area contributed by atoms with Crippen LogP contribution in [0.25, 0.3) is 0 Å². The fraction of sp³-hybridized carbons (Fsp3) is 0.744. The molecule has 0 saturated carbocycles. The molecule has 1 aromatic rings. The lowest BCUT2D eigenvalue weighted by atomic mass is 9.89. The zero-order valence-electron chi connectivity index (χ0n) is 33.1. The summed E-state index contributed by atoms with van der Waals surface area (Å²) in [7, 11) is 6.57. The SMILES string of the molecule is CC[C@@H](C)[C@@H]([C@@H](CC(=O)N1CCC[C@H]1[C@H](OC)[C@@H](C)C(=O)N[C@H](C)[C@@H](O)c1ccccc1)OC)N(C)C(=O)[C@@H](NC(=O)[C@@H](NC)C(C)C)C(C)C. The van der Waals surface area contributed by atoms with Gasteiger partial charge in [-0.3, -0.25) is 19.2 Å². The van der Waals surface area contributed by atoms with Crippen LogP contribution >= 0.6 is 0 Å². The Kier molecular flexibility index (Phi) is 18.0. The molecule has 51 heavy (non-hydrogen) atoms. The van der Waals surface area contributed by atoms with Crippen LogP contribution in [0.4, 0.5) is 0 Å². The van der Waals surface area contributed by atoms with E-state index in [2.05, 4.69) is 16.0 Å². The van der Waals surface area contributed by atoms with Gasteiger partial charge in [0.1, 0.15) is 6.04 Å². The van der Waals surface area contributed by atoms with Crippen molar-refractivity contribution in [3.05, 3.63) is 35.9 Å². The molecule has 0 radical (unpaired) electrons. The highest BCUT2D eigenvalue weighted by Crippen LogP contribution is 2.30. The molecular weight excluding hydrogens is 650 g/mol. The maximum Gasteiger partial charge on any atom is 0.245 e. The van der Waals surface area contributed by atoms with E-state index < -0.39 is 48.4 Å². The van der Waals surface area contributed by atoms with Gasteiger partial charge in [-0.1, -0.05) is 85.2 Å². The van der Waals surface area contributed by atoms with Crippen molar-refractivity contribution in [1.82, 2.24) is 25.8 Å². The summed E-state index contributed by atoms with van der Waals surface area (Å²) in [5.41, 5.74) is 0.711. The van der Waals surface area contributed by atoms with Gasteiger partial charge in [-0.25, -0.2) is 0 Å². The lowest BCUT2D eigenvalue weighted by molar-refractivity contribution is -0.148. The van der Waals surface area contributed by atoms with Crippen molar-refractivity contribution in [3.63, 3.8) is 0 Å². The van der Waals surface area contributed by atoms with Crippen LogP contribution in [0, 0.1) is 23.7 Å². The fourth-order valence-electron chi connectivity index (χ4n) is 7.42. The van der Waals surface area contributed by atoms with E-state index in [1.165, 1.54) is 0 Å². The number of likely N-dealkylation sites (N-methyl/N-ethyl adjacent to an activating group) is 2. The van der Waals surface area contributed by atoms with Crippen LogP contribution in [0.3, 0.4) is 0 Å². The van der Waals surface area contributed by atoms with Crippen molar-refractivity contribution in [3.8, 4) is 0 Å². The Labute approximate surface area is 306 Å². The maximum absolute atomic E-state index is 14.1. The Balaban J connectivity index is 2.24. The van der Waals surface area contributed by atoms with Crippen molar-refractivity contribution in [2.24, 2.45) is 23.7 Å². The molecule has 1 fully saturated rings. The molecule has 4 amide bonds. The van der Waals surface area contributed by atoms with Gasteiger partial charge in [0, 0.05) is 27.8 Å². The van der Waals surface area contributed by atoms with Gasteiger partial charge in [0.15, 0.2) is 0 Å². The molecule has 4 N–H and O–H groups in total. The van der Waals surface area contributed by atoms with E-state index in [1.54, 1.807) is 52.0 Å². The number of amides is 4. The second kappa shape index (κ2) is 20.8. The molecule has 0 unspecified atom stereocenters. The molecule has 0 aliphatic carbocycles. The van der Waals surface area contributed by atoms with E-state index in [0.29, 0.717) is 18.5 Å². The third-order valence-electron chi connectivity index (χ3n) is 10.7. The lowest BCUT2D eigenvalue weighted by Gasteiger charge is -2.41. The summed E-state index contributed by atoms with van der Waals surface area (Å²) in [5, 5.41) is 19.8. The van der Waals surface area contributed by atoms with Gasteiger partial charge in [0.05, 0.1) is 54.8 Å². The zero-order valence-corrected chi connectivity index (χ0v) is 33.1. The normalized spacial score (nSPS) is 20.1. The number of carbonyl (C=O) groups excluding carboxylic acids is 4. The second-order valence-corrected chi connectivity index (χ2v) is 15.0. The first kappa shape index (κ1) is 44.1. The summed E-state index contributed by atoms with van der Waals surface area (Å²) in [6, 6.07) is 6.67. The zero-order chi connectivity index (χ0) is 38.6. The van der Waals surface area contributed by atoms with E-state index >= 15 is 0 Å². The Morgan fingerprint density at radius 2 is 1.53 bits per heavy atom. The summed E-state index contributed by atoms with van der Waals surface area (Å²) >= 11 is 0. The highest BCUT2D eigenvalue weighted by atomic mass is 16.5. The van der Waals surface area contributed by atoms with Gasteiger partial charge in [-0.05, 0) is 50.1 Å². The number of rotatable bonds is 20. The number of aliphatic hydroxyl groups excluding tert-OH is 1. The molecular formula is C39H67N5O7. The van der Waals surface area contributed by atoms with Crippen molar-refractivity contribution in [1.29, 1.82) is 0 Å². The number of hydrogen-bond donors (Lipinski definition) is 4. The molecule has 1 aromatic carbocycles. The summed E-state index contributed by atoms with van der Waals surface area (Å²) in [6.45, 7) is 15.9. The predicted molar refractivity (Wildman–Crippen MR) is 200 cm³/mol. The summed E-state index contributed by atoms with van der Waals surface area (Å²) in [5.74, 6) is -1.62. The number of nitrogens with one attached hydrogen (secondary N) is 3. The molecule has 290 valence electrons. The quantitative estimate of drug-likeness (QED) is 0.160. The second-order valence-electron chi connectivity index (χ2n) is 15.0. The molecule has 1 aliphatic rings. The van der Waals surface area contributed by atoms with Crippen LogP contribution < -0.4 is 16.0 Å². The van der Waals surface area contributed by atoms with E-state index in [-0.39, 0.29) is 53.8 Å². The van der Waals surface area contributed by atoms with Crippen molar-refractivity contribution < 1.29 is 33.8 Å². The van der Waals surface area contributed by atoms with Gasteiger partial charge >= 0.3 is 0 Å². The molecule has 1 heterocycles. The number of likely N-dealkylation sites (tertiary alicyclic amines) is 1. The minimum Gasteiger partial charge on any atom is -0.386 e. The Hall–Kier alpha value is -3.06. The number of carbonyl (C=O) groups is 4. The molecule has 2 rings (SSSR count). The molecule has 0 bridgehead atoms. The fourth-order valence-corrected chi connectivity index (χ4v) is 7.42. The van der Waals surface area contributed by atoms with Crippen LogP contribution in [0.5, 0.6) is 0 Å². The minimum atomic E-state index is -0.875. The first-order valence-electron chi connectivity index (χ1n) is 18.7. The number of nitrogens with zero attached hydrogens (tertiary/aromatic N) is 2. The van der Waals surface area contributed by atoms with E-state index in [4.69, 9.17) is 9.47 Å². The van der Waals surface area contributed by atoms with E-state index in [9.17, 15) is 24.3 Å². The van der Waals surface area contributed by atoms with Crippen LogP contribution in [0.15, 0.2) is 30.3 Å². The van der Waals surface area contributed by atoms with Crippen molar-refractivity contribution >= 4 is 23.6 Å². The lowest BCUT2D eigenvalue weighted by Crippen LogP contribution is -2.59. The average molecular weight is 718 g/mol. The van der Waals surface area contributed by atoms with Crippen LogP contribution in [-0.2, 0) is 28.7 Å². The summed E-state index contributed by atoms with van der Waals surface area (Å²) < 4.78 is 11.9. The van der Waals surface area contributed by atoms with Crippen LogP contribution in [0.1, 0.15) is 92.7 Å². The average Bonchev–Trinajstić information content (AvgIpc) is 3.59. The minimum absolute atomic E-state index is 0.0148. The van der Waals surface area contributed by atoms with Gasteiger partial charge in [0.2, 0.25) is 23.6 Å². The van der Waals surface area contributed by atoms with Crippen molar-refractivity contribution in [2.75, 3.05) is 34.9 Å². The molecule has 0 aromatic heterocycles. The largest absolute Gasteiger partial charge is 0.386 e. The number of hydrogen-bond acceptors (Lipinski definition) is 8. The van der Waals surface area contributed by atoms with Gasteiger partial charge in [0.25, 0.3) is 0 Å². The van der Waals surface area contributed by atoms with E-state index in [1.807, 2.05) is 71.9 Å². The number of benzene rings is 1. The third-order valence-corrected chi connectivity index (χ3v) is 10.7. The Morgan fingerprint density at radius 3 is 2.04 bits per heavy atom. The van der Waals surface area contributed by atoms with Crippen LogP contribution in [-0.4, -0.2) is 116 Å². The molecule has 0 spiro atoms. The van der Waals surface area contributed by atoms with Gasteiger partial charge in [-0.2, -0.15) is 0 Å². The summed E-state index contributed by atoms with van der Waals surface area (Å²) in [4.78, 5) is 58.3. The monoisotopic (exact) mass is 718 g/mol. The number of aliphatic hydroxyl groups is 1. The number of ether oxygens (including phenoxy) is 2. The van der Waals surface area contributed by atoms with Crippen LogP contribution in [0.2, 0.25) is 0 Å². The molecule has 12 heteroatoms. The topological polar surface area (TPSA) is 150 Å². The maximum atomic E-state index is 14.1. The first-order chi connectivity index (χ1) is 24.0. The van der Waals surface area contributed by atoms with E-state index in [0.717, 1.165) is 12.8 Å². The standard InChI is InChI=1S/C39H67N5O7/c1-13-25(6)34(43(10)39(49)33(24(4)5)42-38(48)32(40-9)23(2)3)30(50-11)22-31(45)44-21-17-20-29(44)36(51-12)26(7)37(47)41-27(8)35(46)28-18-15-14-16-19-28/h14-16,18-19,23-27,29-30,32-36,40,46H,13,17,20-22H2,1-12H3,(H,41,47)(H,42,48)/t25-,26-,27-,29+,30-,32+,33+,34+,35-,36-/m1/s1. The molecule has 10 atom stereocenters. The summed E-state index contributed by atoms with van der Waals surface area (Å²) in [6.07, 6.45) is 0.147. The molecule has 12 nitrogen and oxygen atoms in total. The number of methoxy groups -OCH3 is 2. The Morgan fingerprint density at radius 1 is 0.922 bits per heavy atom. The van der Waals surface area contributed by atoms with Gasteiger partial charge < -0.3 is 40.3 Å². The highest BCUT2D eigenvalue weighted by molar-refractivity contribution is 5.90.